The third kappa shape index (κ3) is 5.64. The van der Waals surface area contributed by atoms with E-state index >= 15 is 0 Å². The minimum absolute atomic E-state index is 0.134. The van der Waals surface area contributed by atoms with Crippen LogP contribution in [0.1, 0.15) is 37.6 Å². The summed E-state index contributed by atoms with van der Waals surface area (Å²) in [4.78, 5) is 24.8. The number of guanidine groups is 1. The van der Waals surface area contributed by atoms with E-state index < -0.39 is 40.6 Å². The molecule has 0 aliphatic carbocycles. The van der Waals surface area contributed by atoms with Crippen LogP contribution in [0.5, 0.6) is 5.75 Å². The van der Waals surface area contributed by atoms with Crippen LogP contribution >= 0.6 is 11.6 Å². The topological polar surface area (TPSA) is 107 Å². The molecule has 1 aliphatic rings. The number of nitrogens with zero attached hydrogens (tertiary/aromatic N) is 2. The first-order valence-corrected chi connectivity index (χ1v) is 9.01. The second kappa shape index (κ2) is 9.18. The Hall–Kier alpha value is -2.73. The Morgan fingerprint density at radius 2 is 2.00 bits per heavy atom. The zero-order chi connectivity index (χ0) is 21.8. The lowest BCUT2D eigenvalue weighted by atomic mass is 10.1. The number of halogens is 4. The SMILES string of the molecule is CCC(C)C(=O)Nc1c(OC(F)(F)F)ccc(C(=O)NC2=NNNN2CC)c1Cl. The van der Waals surface area contributed by atoms with Gasteiger partial charge in [0, 0.05) is 12.5 Å². The van der Waals surface area contributed by atoms with Crippen molar-refractivity contribution in [1.82, 2.24) is 21.4 Å². The Morgan fingerprint density at radius 3 is 2.59 bits per heavy atom. The number of hydrazine groups is 2. The molecule has 2 rings (SSSR count). The first-order valence-electron chi connectivity index (χ1n) is 8.63. The van der Waals surface area contributed by atoms with Crippen LogP contribution in [0.15, 0.2) is 17.2 Å². The van der Waals surface area contributed by atoms with Crippen LogP contribution in [0.4, 0.5) is 18.9 Å². The molecule has 0 fully saturated rings. The molecule has 29 heavy (non-hydrogen) atoms. The van der Waals surface area contributed by atoms with Crippen LogP contribution in [-0.4, -0.2) is 35.7 Å². The van der Waals surface area contributed by atoms with Crippen molar-refractivity contribution in [3.8, 4) is 5.75 Å². The highest BCUT2D eigenvalue weighted by atomic mass is 35.5. The number of rotatable bonds is 6. The fourth-order valence-corrected chi connectivity index (χ4v) is 2.53. The molecule has 1 aliphatic heterocycles. The van der Waals surface area contributed by atoms with E-state index in [0.29, 0.717) is 13.0 Å². The summed E-state index contributed by atoms with van der Waals surface area (Å²) in [6.07, 6.45) is -4.56. The normalized spacial score (nSPS) is 14.7. The van der Waals surface area contributed by atoms with Crippen LogP contribution in [0.3, 0.4) is 0 Å². The van der Waals surface area contributed by atoms with E-state index in [4.69, 9.17) is 11.6 Å². The van der Waals surface area contributed by atoms with E-state index in [0.717, 1.165) is 12.1 Å². The Bertz CT molecular complexity index is 818. The van der Waals surface area contributed by atoms with Crippen LogP contribution in [0.25, 0.3) is 0 Å². The van der Waals surface area contributed by atoms with Gasteiger partial charge in [-0.1, -0.05) is 25.4 Å². The number of alkyl halides is 3. The molecule has 1 atom stereocenters. The predicted molar refractivity (Wildman–Crippen MR) is 99.8 cm³/mol. The highest BCUT2D eigenvalue weighted by Crippen LogP contribution is 2.38. The number of benzene rings is 1. The number of hydrogen-bond acceptors (Lipinski definition) is 7. The minimum Gasteiger partial charge on any atom is -0.404 e. The Kier molecular flexibility index (Phi) is 7.14. The van der Waals surface area contributed by atoms with Crippen molar-refractivity contribution in [2.24, 2.45) is 11.0 Å². The number of carbonyl (C=O) groups is 2. The number of anilines is 1. The monoisotopic (exact) mass is 436 g/mol. The molecular formula is C16H20ClF3N6O3. The van der Waals surface area contributed by atoms with Crippen molar-refractivity contribution in [3.63, 3.8) is 0 Å². The number of amides is 2. The number of carbonyl (C=O) groups excluding carboxylic acids is 2. The fourth-order valence-electron chi connectivity index (χ4n) is 2.24. The van der Waals surface area contributed by atoms with Crippen molar-refractivity contribution < 1.29 is 27.5 Å². The summed E-state index contributed by atoms with van der Waals surface area (Å²) in [5.74, 6) is -2.40. The van der Waals surface area contributed by atoms with Gasteiger partial charge in [-0.25, -0.2) is 5.53 Å². The molecule has 160 valence electrons. The molecule has 1 heterocycles. The number of ether oxygens (including phenoxy) is 1. The van der Waals surface area contributed by atoms with Gasteiger partial charge in [0.25, 0.3) is 5.91 Å². The van der Waals surface area contributed by atoms with Crippen LogP contribution < -0.4 is 26.4 Å². The molecule has 1 aromatic rings. The summed E-state index contributed by atoms with van der Waals surface area (Å²) in [5.41, 5.74) is 4.48. The first kappa shape index (κ1) is 22.6. The number of hydrazone groups is 1. The van der Waals surface area contributed by atoms with Gasteiger partial charge in [0.05, 0.1) is 10.6 Å². The molecule has 4 N–H and O–H groups in total. The highest BCUT2D eigenvalue weighted by molar-refractivity contribution is 6.37. The Balaban J connectivity index is 2.37. The molecule has 1 aromatic carbocycles. The van der Waals surface area contributed by atoms with Crippen LogP contribution in [0, 0.1) is 5.92 Å². The summed E-state index contributed by atoms with van der Waals surface area (Å²) in [5, 5.41) is 9.68. The van der Waals surface area contributed by atoms with Gasteiger partial charge in [-0.2, -0.15) is 0 Å². The van der Waals surface area contributed by atoms with E-state index in [9.17, 15) is 22.8 Å². The summed E-state index contributed by atoms with van der Waals surface area (Å²) in [6, 6.07) is 1.97. The maximum atomic E-state index is 12.7. The molecule has 0 spiro atoms. The van der Waals surface area contributed by atoms with E-state index in [-0.39, 0.29) is 11.5 Å². The quantitative estimate of drug-likeness (QED) is 0.546. The van der Waals surface area contributed by atoms with Crippen molar-refractivity contribution >= 4 is 35.1 Å². The molecular weight excluding hydrogens is 417 g/mol. The van der Waals surface area contributed by atoms with Gasteiger partial charge >= 0.3 is 6.36 Å². The standard InChI is InChI=1S/C16H20ClF3N6O3/c1-4-8(3)13(27)21-12-10(29-16(18,19)20)7-6-9(11(12)17)14(28)22-15-23-24-25-26(15)5-2/h6-8,24-25H,4-5H2,1-3H3,(H,21,27)(H,22,23,28). The third-order valence-corrected chi connectivity index (χ3v) is 4.42. The van der Waals surface area contributed by atoms with Gasteiger partial charge in [-0.15, -0.1) is 23.8 Å². The van der Waals surface area contributed by atoms with E-state index in [1.807, 2.05) is 0 Å². The zero-order valence-electron chi connectivity index (χ0n) is 15.8. The van der Waals surface area contributed by atoms with Gasteiger partial charge in [0.1, 0.15) is 5.69 Å². The van der Waals surface area contributed by atoms with E-state index in [1.165, 1.54) is 5.01 Å². The molecule has 0 radical (unpaired) electrons. The lowest BCUT2D eigenvalue weighted by Gasteiger charge is -2.19. The molecule has 0 bridgehead atoms. The van der Waals surface area contributed by atoms with E-state index in [2.05, 4.69) is 31.5 Å². The van der Waals surface area contributed by atoms with Gasteiger partial charge in [0.2, 0.25) is 11.9 Å². The second-order valence-corrected chi connectivity index (χ2v) is 6.38. The largest absolute Gasteiger partial charge is 0.573 e. The van der Waals surface area contributed by atoms with Gasteiger partial charge < -0.3 is 10.1 Å². The molecule has 0 saturated carbocycles. The summed E-state index contributed by atoms with van der Waals surface area (Å²) in [6.45, 7) is 5.59. The van der Waals surface area contributed by atoms with Crippen LogP contribution in [0.2, 0.25) is 5.02 Å². The molecule has 9 nitrogen and oxygen atoms in total. The minimum atomic E-state index is -5.01. The Labute approximate surface area is 169 Å². The number of hydrogen-bond donors (Lipinski definition) is 4. The molecule has 0 saturated heterocycles. The second-order valence-electron chi connectivity index (χ2n) is 6.00. The Morgan fingerprint density at radius 1 is 1.31 bits per heavy atom. The fraction of sp³-hybridized carbons (Fsp3) is 0.438. The van der Waals surface area contributed by atoms with Gasteiger partial charge in [0.15, 0.2) is 5.75 Å². The molecule has 13 heteroatoms. The maximum Gasteiger partial charge on any atom is 0.573 e. The maximum absolute atomic E-state index is 12.7. The third-order valence-electron chi connectivity index (χ3n) is 4.03. The van der Waals surface area contributed by atoms with Gasteiger partial charge in [-0.05, 0) is 25.5 Å². The molecule has 0 aromatic heterocycles. The zero-order valence-corrected chi connectivity index (χ0v) is 16.5. The lowest BCUT2D eigenvalue weighted by molar-refractivity contribution is -0.274. The summed E-state index contributed by atoms with van der Waals surface area (Å²) >= 11 is 6.18. The van der Waals surface area contributed by atoms with Crippen molar-refractivity contribution in [3.05, 3.63) is 22.7 Å². The highest BCUT2D eigenvalue weighted by Gasteiger charge is 2.34. The summed E-state index contributed by atoms with van der Waals surface area (Å²) in [7, 11) is 0. The summed E-state index contributed by atoms with van der Waals surface area (Å²) < 4.78 is 42.2. The van der Waals surface area contributed by atoms with Crippen molar-refractivity contribution in [2.45, 2.75) is 33.6 Å². The van der Waals surface area contributed by atoms with Crippen molar-refractivity contribution in [1.29, 1.82) is 0 Å². The number of nitrogens with one attached hydrogen (secondary N) is 4. The van der Waals surface area contributed by atoms with Crippen molar-refractivity contribution in [2.75, 3.05) is 11.9 Å². The predicted octanol–water partition coefficient (Wildman–Crippen LogP) is 2.57. The van der Waals surface area contributed by atoms with E-state index in [1.54, 1.807) is 20.8 Å². The van der Waals surface area contributed by atoms with Crippen LogP contribution in [-0.2, 0) is 4.79 Å². The average molecular weight is 437 g/mol. The molecule has 1 unspecified atom stereocenters. The molecule has 2 amide bonds. The average Bonchev–Trinajstić information content (AvgIpc) is 3.09. The smallest absolute Gasteiger partial charge is 0.404 e. The lowest BCUT2D eigenvalue weighted by Crippen LogP contribution is -2.47. The van der Waals surface area contributed by atoms with Gasteiger partial charge in [-0.3, -0.25) is 19.9 Å². The first-order chi connectivity index (χ1) is 13.6.